The summed E-state index contributed by atoms with van der Waals surface area (Å²) in [6, 6.07) is 12.2. The third kappa shape index (κ3) is 5.15. The Morgan fingerprint density at radius 1 is 1.10 bits per heavy atom. The SMILES string of the molecule is Cc1ccc(C(CNc2ccc(S(=O)(=O)C(C)(C)C)nc2)N2CCOCC2)cc1. The van der Waals surface area contributed by atoms with E-state index in [-0.39, 0.29) is 11.1 Å². The van der Waals surface area contributed by atoms with Gasteiger partial charge in [-0.1, -0.05) is 29.8 Å². The molecule has 0 saturated carbocycles. The molecule has 0 amide bonds. The van der Waals surface area contributed by atoms with Gasteiger partial charge in [0.15, 0.2) is 14.9 Å². The Hall–Kier alpha value is -1.96. The van der Waals surface area contributed by atoms with Crippen molar-refractivity contribution < 1.29 is 13.2 Å². The number of nitrogens with one attached hydrogen (secondary N) is 1. The molecule has 1 aliphatic rings. The quantitative estimate of drug-likeness (QED) is 0.776. The van der Waals surface area contributed by atoms with Crippen molar-refractivity contribution in [2.75, 3.05) is 38.2 Å². The van der Waals surface area contributed by atoms with Crippen LogP contribution in [0.4, 0.5) is 5.69 Å². The maximum absolute atomic E-state index is 12.5. The lowest BCUT2D eigenvalue weighted by Gasteiger charge is -2.35. The standard InChI is InChI=1S/C22H31N3O3S/c1-17-5-7-18(8-6-17)20(25-11-13-28-14-12-25)16-23-19-9-10-21(24-15-19)29(26,27)22(2,3)4/h5-10,15,20,23H,11-14,16H2,1-4H3. The molecule has 0 bridgehead atoms. The molecule has 1 aliphatic heterocycles. The van der Waals surface area contributed by atoms with Gasteiger partial charge in [0, 0.05) is 19.6 Å². The van der Waals surface area contributed by atoms with Gasteiger partial charge in [-0.25, -0.2) is 13.4 Å². The summed E-state index contributed by atoms with van der Waals surface area (Å²) in [5, 5.41) is 3.54. The number of rotatable bonds is 6. The molecule has 2 aromatic rings. The van der Waals surface area contributed by atoms with Crippen molar-refractivity contribution in [3.8, 4) is 0 Å². The van der Waals surface area contributed by atoms with Crippen molar-refractivity contribution in [2.24, 2.45) is 0 Å². The second-order valence-electron chi connectivity index (χ2n) is 8.46. The number of nitrogens with zero attached hydrogens (tertiary/aromatic N) is 2. The number of ether oxygens (including phenoxy) is 1. The van der Waals surface area contributed by atoms with Gasteiger partial charge in [0.25, 0.3) is 0 Å². The molecule has 1 aromatic heterocycles. The highest BCUT2D eigenvalue weighted by atomic mass is 32.2. The topological polar surface area (TPSA) is 71.5 Å². The summed E-state index contributed by atoms with van der Waals surface area (Å²) < 4.78 is 29.7. The minimum absolute atomic E-state index is 0.110. The summed E-state index contributed by atoms with van der Waals surface area (Å²) in [4.78, 5) is 6.63. The summed E-state index contributed by atoms with van der Waals surface area (Å²) in [6.07, 6.45) is 1.60. The molecular weight excluding hydrogens is 386 g/mol. The molecule has 1 N–H and O–H groups in total. The van der Waals surface area contributed by atoms with Crippen LogP contribution >= 0.6 is 0 Å². The molecular formula is C22H31N3O3S. The van der Waals surface area contributed by atoms with Gasteiger partial charge in [-0.3, -0.25) is 4.90 Å². The zero-order chi connectivity index (χ0) is 21.1. The number of hydrogen-bond donors (Lipinski definition) is 1. The number of anilines is 1. The monoisotopic (exact) mass is 417 g/mol. The summed E-state index contributed by atoms with van der Waals surface area (Å²) in [5.41, 5.74) is 3.30. The molecule has 29 heavy (non-hydrogen) atoms. The lowest BCUT2D eigenvalue weighted by molar-refractivity contribution is 0.0187. The minimum Gasteiger partial charge on any atom is -0.382 e. The van der Waals surface area contributed by atoms with E-state index >= 15 is 0 Å². The van der Waals surface area contributed by atoms with E-state index in [0.717, 1.165) is 32.0 Å². The number of hydrogen-bond acceptors (Lipinski definition) is 6. The highest BCUT2D eigenvalue weighted by molar-refractivity contribution is 7.92. The van der Waals surface area contributed by atoms with Crippen LogP contribution in [-0.4, -0.2) is 55.9 Å². The minimum atomic E-state index is -3.45. The van der Waals surface area contributed by atoms with Gasteiger partial charge in [-0.15, -0.1) is 0 Å². The first-order chi connectivity index (χ1) is 13.7. The van der Waals surface area contributed by atoms with E-state index in [0.29, 0.717) is 6.54 Å². The number of benzene rings is 1. The number of aromatic nitrogens is 1. The zero-order valence-corrected chi connectivity index (χ0v) is 18.5. The smallest absolute Gasteiger partial charge is 0.200 e. The van der Waals surface area contributed by atoms with Gasteiger partial charge in [0.05, 0.1) is 35.9 Å². The summed E-state index contributed by atoms with van der Waals surface area (Å²) in [7, 11) is -3.45. The molecule has 3 rings (SSSR count). The molecule has 6 nitrogen and oxygen atoms in total. The normalized spacial score (nSPS) is 17.1. The predicted molar refractivity (Wildman–Crippen MR) is 116 cm³/mol. The Kier molecular flexibility index (Phi) is 6.61. The van der Waals surface area contributed by atoms with E-state index < -0.39 is 14.6 Å². The van der Waals surface area contributed by atoms with Crippen molar-refractivity contribution >= 4 is 15.5 Å². The Morgan fingerprint density at radius 2 is 1.76 bits per heavy atom. The first kappa shape index (κ1) is 21.7. The van der Waals surface area contributed by atoms with E-state index in [1.54, 1.807) is 39.1 Å². The van der Waals surface area contributed by atoms with Crippen LogP contribution < -0.4 is 5.32 Å². The molecule has 0 radical (unpaired) electrons. The fourth-order valence-electron chi connectivity index (χ4n) is 3.31. The molecule has 1 aromatic carbocycles. The Bertz CT molecular complexity index is 898. The highest BCUT2D eigenvalue weighted by Crippen LogP contribution is 2.25. The predicted octanol–water partition coefficient (Wildman–Crippen LogP) is 3.45. The Labute approximate surface area is 174 Å². The first-order valence-corrected chi connectivity index (χ1v) is 11.5. The van der Waals surface area contributed by atoms with Crippen molar-refractivity contribution in [1.82, 2.24) is 9.88 Å². The summed E-state index contributed by atoms with van der Waals surface area (Å²) >= 11 is 0. The van der Waals surface area contributed by atoms with Gasteiger partial charge >= 0.3 is 0 Å². The first-order valence-electron chi connectivity index (χ1n) is 10.0. The van der Waals surface area contributed by atoms with Crippen molar-refractivity contribution in [1.29, 1.82) is 0 Å². The average molecular weight is 418 g/mol. The average Bonchev–Trinajstić information content (AvgIpc) is 2.70. The molecule has 0 aliphatic carbocycles. The van der Waals surface area contributed by atoms with Crippen molar-refractivity contribution in [2.45, 2.75) is 43.5 Å². The van der Waals surface area contributed by atoms with Crippen molar-refractivity contribution in [3.05, 3.63) is 53.7 Å². The zero-order valence-electron chi connectivity index (χ0n) is 17.7. The molecule has 1 fully saturated rings. The fraction of sp³-hybridized carbons (Fsp3) is 0.500. The van der Waals surface area contributed by atoms with Crippen LogP contribution in [0.2, 0.25) is 0 Å². The van der Waals surface area contributed by atoms with E-state index in [4.69, 9.17) is 4.74 Å². The van der Waals surface area contributed by atoms with E-state index in [9.17, 15) is 8.42 Å². The van der Waals surface area contributed by atoms with Gasteiger partial charge in [-0.05, 0) is 45.4 Å². The van der Waals surface area contributed by atoms with E-state index in [2.05, 4.69) is 46.4 Å². The molecule has 2 heterocycles. The molecule has 1 atom stereocenters. The largest absolute Gasteiger partial charge is 0.382 e. The molecule has 7 heteroatoms. The van der Waals surface area contributed by atoms with Gasteiger partial charge in [0.2, 0.25) is 0 Å². The molecule has 1 saturated heterocycles. The Morgan fingerprint density at radius 3 is 2.31 bits per heavy atom. The molecule has 0 spiro atoms. The van der Waals surface area contributed by atoms with Crippen LogP contribution in [0.25, 0.3) is 0 Å². The maximum Gasteiger partial charge on any atom is 0.200 e. The van der Waals surface area contributed by atoms with Crippen LogP contribution in [-0.2, 0) is 14.6 Å². The lowest BCUT2D eigenvalue weighted by Crippen LogP contribution is -2.41. The molecule has 1 unspecified atom stereocenters. The van der Waals surface area contributed by atoms with Crippen LogP contribution in [0.1, 0.15) is 37.9 Å². The highest BCUT2D eigenvalue weighted by Gasteiger charge is 2.32. The second kappa shape index (κ2) is 8.81. The van der Waals surface area contributed by atoms with Crippen LogP contribution in [0, 0.1) is 6.92 Å². The lowest BCUT2D eigenvalue weighted by atomic mass is 10.0. The number of morpholine rings is 1. The Balaban J connectivity index is 1.74. The third-order valence-electron chi connectivity index (χ3n) is 5.27. The van der Waals surface area contributed by atoms with Gasteiger partial charge < -0.3 is 10.1 Å². The van der Waals surface area contributed by atoms with E-state index in [1.165, 1.54) is 11.1 Å². The number of aryl methyl sites for hydroxylation is 1. The number of pyridine rings is 1. The molecule has 158 valence electrons. The third-order valence-corrected chi connectivity index (χ3v) is 7.67. The maximum atomic E-state index is 12.5. The van der Waals surface area contributed by atoms with Crippen LogP contribution in [0.5, 0.6) is 0 Å². The van der Waals surface area contributed by atoms with Crippen LogP contribution in [0.3, 0.4) is 0 Å². The second-order valence-corrected chi connectivity index (χ2v) is 11.1. The summed E-state index contributed by atoms with van der Waals surface area (Å²) in [5.74, 6) is 0. The van der Waals surface area contributed by atoms with Gasteiger partial charge in [-0.2, -0.15) is 0 Å². The van der Waals surface area contributed by atoms with Crippen LogP contribution in [0.15, 0.2) is 47.6 Å². The summed E-state index contributed by atoms with van der Waals surface area (Å²) in [6.45, 7) is 11.1. The number of sulfone groups is 1. The fourth-order valence-corrected chi connectivity index (χ4v) is 4.37. The van der Waals surface area contributed by atoms with E-state index in [1.807, 2.05) is 0 Å². The van der Waals surface area contributed by atoms with Gasteiger partial charge in [0.1, 0.15) is 0 Å². The van der Waals surface area contributed by atoms with Crippen molar-refractivity contribution in [3.63, 3.8) is 0 Å².